The molecule has 3 atom stereocenters. The zero-order valence-corrected chi connectivity index (χ0v) is 14.2. The van der Waals surface area contributed by atoms with Crippen molar-refractivity contribution in [3.05, 3.63) is 35.9 Å². The Morgan fingerprint density at radius 1 is 1.26 bits per heavy atom. The molecule has 0 aromatic heterocycles. The average molecular weight is 317 g/mol. The highest BCUT2D eigenvalue weighted by Crippen LogP contribution is 2.46. The van der Waals surface area contributed by atoms with Crippen molar-refractivity contribution >= 4 is 5.97 Å². The summed E-state index contributed by atoms with van der Waals surface area (Å²) in [5, 5.41) is 0. The van der Waals surface area contributed by atoms with Gasteiger partial charge in [0.1, 0.15) is 0 Å². The molecular formula is C19H27NO3. The lowest BCUT2D eigenvalue weighted by molar-refractivity contribution is -0.231. The van der Waals surface area contributed by atoms with Crippen molar-refractivity contribution in [3.63, 3.8) is 0 Å². The number of hydrogen-bond donors (Lipinski definition) is 0. The molecule has 23 heavy (non-hydrogen) atoms. The summed E-state index contributed by atoms with van der Waals surface area (Å²) in [7, 11) is 0. The summed E-state index contributed by atoms with van der Waals surface area (Å²) in [4.78, 5) is 14.7. The van der Waals surface area contributed by atoms with Gasteiger partial charge < -0.3 is 9.47 Å². The Hall–Kier alpha value is -1.39. The van der Waals surface area contributed by atoms with E-state index in [1.54, 1.807) is 0 Å². The van der Waals surface area contributed by atoms with Crippen molar-refractivity contribution in [1.82, 2.24) is 4.90 Å². The smallest absolute Gasteiger partial charge is 0.313 e. The van der Waals surface area contributed by atoms with E-state index >= 15 is 0 Å². The van der Waals surface area contributed by atoms with Crippen molar-refractivity contribution in [2.45, 2.75) is 45.4 Å². The maximum absolute atomic E-state index is 12.4. The summed E-state index contributed by atoms with van der Waals surface area (Å²) < 4.78 is 11.8. The van der Waals surface area contributed by atoms with E-state index in [1.807, 2.05) is 13.0 Å². The lowest BCUT2D eigenvalue weighted by Crippen LogP contribution is -2.42. The zero-order chi connectivity index (χ0) is 16.3. The predicted molar refractivity (Wildman–Crippen MR) is 88.7 cm³/mol. The van der Waals surface area contributed by atoms with Crippen LogP contribution in [0.4, 0.5) is 0 Å². The van der Waals surface area contributed by atoms with Gasteiger partial charge in [0.25, 0.3) is 0 Å². The lowest BCUT2D eigenvalue weighted by atomic mass is 9.88. The fourth-order valence-electron chi connectivity index (χ4n) is 3.97. The van der Waals surface area contributed by atoms with Crippen LogP contribution in [0.15, 0.2) is 30.3 Å². The molecule has 0 amide bonds. The Kier molecular flexibility index (Phi) is 5.02. The molecule has 2 aliphatic heterocycles. The van der Waals surface area contributed by atoms with Crippen LogP contribution in [-0.2, 0) is 20.8 Å². The van der Waals surface area contributed by atoms with Gasteiger partial charge in [-0.15, -0.1) is 0 Å². The van der Waals surface area contributed by atoms with E-state index < -0.39 is 5.79 Å². The molecule has 2 saturated heterocycles. The van der Waals surface area contributed by atoms with Crippen molar-refractivity contribution in [3.8, 4) is 0 Å². The number of carbonyl (C=O) groups is 1. The van der Waals surface area contributed by atoms with Crippen LogP contribution in [0.3, 0.4) is 0 Å². The second-order valence-electron chi connectivity index (χ2n) is 6.66. The first-order chi connectivity index (χ1) is 11.2. The molecule has 3 rings (SSSR count). The minimum atomic E-state index is -0.696. The number of benzene rings is 1. The number of hydrogen-bond acceptors (Lipinski definition) is 4. The molecule has 0 radical (unpaired) electrons. The fraction of sp³-hybridized carbons (Fsp3) is 0.632. The van der Waals surface area contributed by atoms with E-state index in [2.05, 4.69) is 36.1 Å². The van der Waals surface area contributed by atoms with Crippen LogP contribution < -0.4 is 0 Å². The first kappa shape index (κ1) is 16.5. The van der Waals surface area contributed by atoms with Crippen LogP contribution in [0, 0.1) is 11.8 Å². The summed E-state index contributed by atoms with van der Waals surface area (Å²) in [5.74, 6) is -0.653. The van der Waals surface area contributed by atoms with Crippen LogP contribution >= 0.6 is 0 Å². The van der Waals surface area contributed by atoms with Crippen LogP contribution in [0.2, 0.25) is 0 Å². The summed E-state index contributed by atoms with van der Waals surface area (Å²) in [5.41, 5.74) is 1.29. The molecule has 0 bridgehead atoms. The van der Waals surface area contributed by atoms with E-state index in [4.69, 9.17) is 9.47 Å². The van der Waals surface area contributed by atoms with Gasteiger partial charge in [-0.1, -0.05) is 43.7 Å². The molecule has 0 spiro atoms. The third-order valence-electron chi connectivity index (χ3n) is 5.05. The van der Waals surface area contributed by atoms with Gasteiger partial charge >= 0.3 is 5.97 Å². The van der Waals surface area contributed by atoms with Gasteiger partial charge in [0, 0.05) is 32.7 Å². The molecular weight excluding hydrogens is 290 g/mol. The number of ether oxygens (including phenoxy) is 2. The van der Waals surface area contributed by atoms with Gasteiger partial charge in [-0.25, -0.2) is 0 Å². The predicted octanol–water partition coefficient (Wildman–Crippen LogP) is 3.21. The first-order valence-corrected chi connectivity index (χ1v) is 8.81. The van der Waals surface area contributed by atoms with Crippen LogP contribution in [-0.4, -0.2) is 36.4 Å². The Balaban J connectivity index is 1.73. The highest BCUT2D eigenvalue weighted by molar-refractivity contribution is 5.76. The fourth-order valence-corrected chi connectivity index (χ4v) is 3.97. The monoisotopic (exact) mass is 317 g/mol. The van der Waals surface area contributed by atoms with Gasteiger partial charge in [-0.05, 0) is 18.9 Å². The average Bonchev–Trinajstić information content (AvgIpc) is 3.07. The van der Waals surface area contributed by atoms with Crippen molar-refractivity contribution < 1.29 is 14.3 Å². The van der Waals surface area contributed by atoms with Gasteiger partial charge in [0.05, 0.1) is 11.8 Å². The Morgan fingerprint density at radius 2 is 2.04 bits per heavy atom. The Bertz CT molecular complexity index is 533. The summed E-state index contributed by atoms with van der Waals surface area (Å²) in [6, 6.07) is 10.4. The molecule has 126 valence electrons. The molecule has 4 heteroatoms. The SMILES string of the molecule is CCCC[C@]1(OCC)OC(=O)[C@@H]2CN(Cc3ccccc3)C[C@@H]21. The molecule has 0 unspecified atom stereocenters. The molecule has 0 aliphatic carbocycles. The maximum atomic E-state index is 12.4. The highest BCUT2D eigenvalue weighted by Gasteiger charge is 2.59. The number of cyclic esters (lactones) is 1. The molecule has 0 saturated carbocycles. The van der Waals surface area contributed by atoms with Crippen LogP contribution in [0.25, 0.3) is 0 Å². The van der Waals surface area contributed by atoms with Gasteiger partial charge in [0.15, 0.2) is 0 Å². The largest absolute Gasteiger partial charge is 0.432 e. The minimum absolute atomic E-state index is 0.0397. The van der Waals surface area contributed by atoms with Crippen molar-refractivity contribution in [1.29, 1.82) is 0 Å². The van der Waals surface area contributed by atoms with Crippen LogP contribution in [0.1, 0.15) is 38.7 Å². The maximum Gasteiger partial charge on any atom is 0.313 e. The second kappa shape index (κ2) is 7.02. The molecule has 2 fully saturated rings. The number of esters is 1. The van der Waals surface area contributed by atoms with E-state index in [9.17, 15) is 4.79 Å². The molecule has 2 heterocycles. The van der Waals surface area contributed by atoms with Gasteiger partial charge in [-0.2, -0.15) is 0 Å². The number of carbonyl (C=O) groups excluding carboxylic acids is 1. The number of nitrogens with zero attached hydrogens (tertiary/aromatic N) is 1. The molecule has 1 aromatic rings. The van der Waals surface area contributed by atoms with Crippen molar-refractivity contribution in [2.75, 3.05) is 19.7 Å². The quantitative estimate of drug-likeness (QED) is 0.724. The zero-order valence-electron chi connectivity index (χ0n) is 14.2. The third kappa shape index (κ3) is 3.29. The van der Waals surface area contributed by atoms with E-state index in [0.29, 0.717) is 6.61 Å². The summed E-state index contributed by atoms with van der Waals surface area (Å²) >= 11 is 0. The van der Waals surface area contributed by atoms with Gasteiger partial charge in [0.2, 0.25) is 5.79 Å². The Labute approximate surface area is 138 Å². The topological polar surface area (TPSA) is 38.8 Å². The van der Waals surface area contributed by atoms with Crippen molar-refractivity contribution in [2.24, 2.45) is 11.8 Å². The van der Waals surface area contributed by atoms with Crippen LogP contribution in [0.5, 0.6) is 0 Å². The number of rotatable bonds is 7. The first-order valence-electron chi connectivity index (χ1n) is 8.81. The van der Waals surface area contributed by atoms with E-state index in [-0.39, 0.29) is 17.8 Å². The van der Waals surface area contributed by atoms with E-state index in [0.717, 1.165) is 38.9 Å². The summed E-state index contributed by atoms with van der Waals surface area (Å²) in [6.07, 6.45) is 2.91. The second-order valence-corrected chi connectivity index (χ2v) is 6.66. The normalized spacial score (nSPS) is 30.4. The standard InChI is InChI=1S/C19H27NO3/c1-3-5-11-19(22-4-2)17-14-20(13-16(17)18(21)23-19)12-15-9-7-6-8-10-15/h6-10,16-17H,3-5,11-14H2,1-2H3/t16-,17+,19+/m1/s1. The van der Waals surface area contributed by atoms with Gasteiger partial charge in [-0.3, -0.25) is 9.69 Å². The molecule has 1 aromatic carbocycles. The summed E-state index contributed by atoms with van der Waals surface area (Å²) in [6.45, 7) is 7.25. The Morgan fingerprint density at radius 3 is 2.74 bits per heavy atom. The number of unbranched alkanes of at least 4 members (excludes halogenated alkanes) is 1. The van der Waals surface area contributed by atoms with E-state index in [1.165, 1.54) is 5.56 Å². The number of fused-ring (bicyclic) bond motifs is 1. The third-order valence-corrected chi connectivity index (χ3v) is 5.05. The molecule has 4 nitrogen and oxygen atoms in total. The molecule has 2 aliphatic rings. The highest BCUT2D eigenvalue weighted by atomic mass is 16.7. The lowest BCUT2D eigenvalue weighted by Gasteiger charge is -2.33. The molecule has 0 N–H and O–H groups in total. The minimum Gasteiger partial charge on any atom is -0.432 e. The number of likely N-dealkylation sites (tertiary alicyclic amines) is 1.